The molecule has 1 saturated heterocycles. The summed E-state index contributed by atoms with van der Waals surface area (Å²) in [6.45, 7) is 0.154. The molecule has 0 aliphatic carbocycles. The lowest BCUT2D eigenvalue weighted by atomic mass is 9.94. The Morgan fingerprint density at radius 2 is 1.88 bits per heavy atom. The van der Waals surface area contributed by atoms with E-state index in [1.165, 1.54) is 18.4 Å². The SMILES string of the molecule is CN(C)S(=O)(=O)N1CCC(F)(c2nc(Cc3ccccc3)no2)CC1. The van der Waals surface area contributed by atoms with Crippen molar-refractivity contribution in [3.05, 3.63) is 47.6 Å². The lowest BCUT2D eigenvalue weighted by Gasteiger charge is -2.34. The van der Waals surface area contributed by atoms with Crippen molar-refractivity contribution in [2.24, 2.45) is 0 Å². The van der Waals surface area contributed by atoms with E-state index in [9.17, 15) is 8.42 Å². The largest absolute Gasteiger partial charge is 0.336 e. The maximum Gasteiger partial charge on any atom is 0.281 e. The molecule has 0 atom stereocenters. The molecule has 3 rings (SSSR count). The number of alkyl halides is 1. The van der Waals surface area contributed by atoms with Gasteiger partial charge in [-0.15, -0.1) is 0 Å². The summed E-state index contributed by atoms with van der Waals surface area (Å²) in [5.74, 6) is 0.349. The fourth-order valence-corrected chi connectivity index (χ4v) is 3.91. The first kappa shape index (κ1) is 18.0. The number of benzene rings is 1. The average molecular weight is 368 g/mol. The number of piperidine rings is 1. The van der Waals surface area contributed by atoms with E-state index in [-0.39, 0.29) is 31.8 Å². The second-order valence-electron chi connectivity index (χ2n) is 6.33. The van der Waals surface area contributed by atoms with E-state index in [2.05, 4.69) is 10.1 Å². The Labute approximate surface area is 146 Å². The molecule has 0 amide bonds. The van der Waals surface area contributed by atoms with Gasteiger partial charge in [0.25, 0.3) is 16.1 Å². The molecule has 7 nitrogen and oxygen atoms in total. The molecule has 0 N–H and O–H groups in total. The van der Waals surface area contributed by atoms with Gasteiger partial charge in [0, 0.05) is 46.4 Å². The molecule has 0 radical (unpaired) electrons. The lowest BCUT2D eigenvalue weighted by molar-refractivity contribution is 0.0499. The average Bonchev–Trinajstić information content (AvgIpc) is 3.05. The van der Waals surface area contributed by atoms with Crippen LogP contribution in [0.4, 0.5) is 4.39 Å². The molecule has 1 aromatic carbocycles. The van der Waals surface area contributed by atoms with Crippen molar-refractivity contribution in [2.75, 3.05) is 27.2 Å². The normalized spacial score (nSPS) is 18.6. The quantitative estimate of drug-likeness (QED) is 0.803. The van der Waals surface area contributed by atoms with Gasteiger partial charge in [-0.05, 0) is 5.56 Å². The summed E-state index contributed by atoms with van der Waals surface area (Å²) < 4.78 is 47.0. The number of halogens is 1. The van der Waals surface area contributed by atoms with Crippen LogP contribution in [0.3, 0.4) is 0 Å². The minimum atomic E-state index is -3.53. The van der Waals surface area contributed by atoms with Crippen molar-refractivity contribution in [3.8, 4) is 0 Å². The third-order valence-corrected chi connectivity index (χ3v) is 6.30. The zero-order valence-corrected chi connectivity index (χ0v) is 15.0. The zero-order chi connectivity index (χ0) is 18.1. The third kappa shape index (κ3) is 3.73. The summed E-state index contributed by atoms with van der Waals surface area (Å²) in [5.41, 5.74) is -0.782. The van der Waals surface area contributed by atoms with Crippen LogP contribution in [0, 0.1) is 0 Å². The van der Waals surface area contributed by atoms with Crippen molar-refractivity contribution >= 4 is 10.2 Å². The number of nitrogens with zero attached hydrogens (tertiary/aromatic N) is 4. The van der Waals surface area contributed by atoms with Crippen molar-refractivity contribution in [1.82, 2.24) is 18.8 Å². The second kappa shape index (κ2) is 6.81. The molecular weight excluding hydrogens is 347 g/mol. The first-order valence-electron chi connectivity index (χ1n) is 8.05. The molecule has 0 saturated carbocycles. The van der Waals surface area contributed by atoms with Crippen LogP contribution < -0.4 is 0 Å². The van der Waals surface area contributed by atoms with Gasteiger partial charge in [0.05, 0.1) is 0 Å². The lowest BCUT2D eigenvalue weighted by Crippen LogP contribution is -2.47. The maximum atomic E-state index is 15.2. The highest BCUT2D eigenvalue weighted by Gasteiger charge is 2.44. The Bertz CT molecular complexity index is 815. The van der Waals surface area contributed by atoms with Gasteiger partial charge in [0.15, 0.2) is 11.5 Å². The van der Waals surface area contributed by atoms with E-state index in [1.807, 2.05) is 30.3 Å². The van der Waals surface area contributed by atoms with Crippen LogP contribution in [0.2, 0.25) is 0 Å². The van der Waals surface area contributed by atoms with E-state index in [4.69, 9.17) is 4.52 Å². The van der Waals surface area contributed by atoms with Crippen molar-refractivity contribution in [2.45, 2.75) is 24.9 Å². The molecule has 0 unspecified atom stereocenters. The summed E-state index contributed by atoms with van der Waals surface area (Å²) in [5, 5.41) is 3.86. The van der Waals surface area contributed by atoms with Gasteiger partial charge in [0.2, 0.25) is 0 Å². The molecule has 1 fully saturated rings. The summed E-state index contributed by atoms with van der Waals surface area (Å²) in [6.07, 6.45) is 0.446. The predicted octanol–water partition coefficient (Wildman–Crippen LogP) is 1.73. The van der Waals surface area contributed by atoms with Crippen LogP contribution in [0.25, 0.3) is 0 Å². The van der Waals surface area contributed by atoms with Gasteiger partial charge in [0.1, 0.15) is 0 Å². The smallest absolute Gasteiger partial charge is 0.281 e. The van der Waals surface area contributed by atoms with Gasteiger partial charge in [-0.25, -0.2) is 4.39 Å². The van der Waals surface area contributed by atoms with Crippen LogP contribution in [-0.2, 0) is 22.3 Å². The summed E-state index contributed by atoms with van der Waals surface area (Å²) in [4.78, 5) is 4.19. The minimum absolute atomic E-state index is 0.00690. The highest BCUT2D eigenvalue weighted by Crippen LogP contribution is 2.37. The molecule has 0 bridgehead atoms. The zero-order valence-electron chi connectivity index (χ0n) is 14.2. The Kier molecular flexibility index (Phi) is 4.90. The van der Waals surface area contributed by atoms with Crippen LogP contribution in [-0.4, -0.2) is 54.4 Å². The van der Waals surface area contributed by atoms with E-state index in [0.29, 0.717) is 12.2 Å². The maximum absolute atomic E-state index is 15.2. The number of aromatic nitrogens is 2. The Balaban J connectivity index is 1.69. The monoisotopic (exact) mass is 368 g/mol. The fraction of sp³-hybridized carbons (Fsp3) is 0.500. The van der Waals surface area contributed by atoms with Crippen LogP contribution in [0.5, 0.6) is 0 Å². The van der Waals surface area contributed by atoms with E-state index >= 15 is 4.39 Å². The van der Waals surface area contributed by atoms with Crippen LogP contribution in [0.15, 0.2) is 34.9 Å². The van der Waals surface area contributed by atoms with E-state index in [0.717, 1.165) is 9.87 Å². The fourth-order valence-electron chi connectivity index (χ4n) is 2.80. The van der Waals surface area contributed by atoms with Gasteiger partial charge < -0.3 is 4.52 Å². The molecular formula is C16H21FN4O3S. The molecule has 1 aliphatic heterocycles. The third-order valence-electron chi connectivity index (χ3n) is 4.36. The van der Waals surface area contributed by atoms with Crippen molar-refractivity contribution < 1.29 is 17.3 Å². The summed E-state index contributed by atoms with van der Waals surface area (Å²) in [6, 6.07) is 9.61. The molecule has 25 heavy (non-hydrogen) atoms. The Hall–Kier alpha value is -1.84. The first-order chi connectivity index (χ1) is 11.8. The number of hydrogen-bond donors (Lipinski definition) is 0. The standard InChI is InChI=1S/C16H21FN4O3S/c1-20(2)25(22,23)21-10-8-16(17,9-11-21)15-18-14(19-24-15)12-13-6-4-3-5-7-13/h3-7H,8-12H2,1-2H3. The molecule has 2 heterocycles. The molecule has 136 valence electrons. The summed E-state index contributed by atoms with van der Waals surface area (Å²) in [7, 11) is -0.617. The van der Waals surface area contributed by atoms with E-state index < -0.39 is 15.9 Å². The molecule has 1 aliphatic rings. The number of hydrogen-bond acceptors (Lipinski definition) is 5. The predicted molar refractivity (Wildman–Crippen MR) is 89.7 cm³/mol. The highest BCUT2D eigenvalue weighted by molar-refractivity contribution is 7.86. The van der Waals surface area contributed by atoms with Crippen molar-refractivity contribution in [3.63, 3.8) is 0 Å². The minimum Gasteiger partial charge on any atom is -0.336 e. The molecule has 2 aromatic rings. The first-order valence-corrected chi connectivity index (χ1v) is 9.44. The summed E-state index contributed by atoms with van der Waals surface area (Å²) >= 11 is 0. The topological polar surface area (TPSA) is 79.5 Å². The van der Waals surface area contributed by atoms with Gasteiger partial charge in [-0.3, -0.25) is 0 Å². The molecule has 9 heteroatoms. The number of rotatable bonds is 5. The second-order valence-corrected chi connectivity index (χ2v) is 8.48. The van der Waals surface area contributed by atoms with Crippen molar-refractivity contribution in [1.29, 1.82) is 0 Å². The molecule has 1 aromatic heterocycles. The van der Waals surface area contributed by atoms with Gasteiger partial charge in [-0.1, -0.05) is 35.5 Å². The van der Waals surface area contributed by atoms with Crippen LogP contribution >= 0.6 is 0 Å². The van der Waals surface area contributed by atoms with Gasteiger partial charge in [-0.2, -0.15) is 22.0 Å². The highest BCUT2D eigenvalue weighted by atomic mass is 32.2. The molecule has 0 spiro atoms. The van der Waals surface area contributed by atoms with Crippen LogP contribution in [0.1, 0.15) is 30.1 Å². The van der Waals surface area contributed by atoms with Gasteiger partial charge >= 0.3 is 0 Å². The van der Waals surface area contributed by atoms with E-state index in [1.54, 1.807) is 0 Å². The Morgan fingerprint density at radius 3 is 2.48 bits per heavy atom. The Morgan fingerprint density at radius 1 is 1.24 bits per heavy atom.